The minimum Gasteiger partial charge on any atom is -0.484 e. The molecule has 0 aliphatic rings. The van der Waals surface area contributed by atoms with Crippen molar-refractivity contribution in [3.63, 3.8) is 0 Å². The van der Waals surface area contributed by atoms with Crippen molar-refractivity contribution in [2.24, 2.45) is 0 Å². The Bertz CT molecular complexity index is 1260. The van der Waals surface area contributed by atoms with Gasteiger partial charge >= 0.3 is 0 Å². The van der Waals surface area contributed by atoms with Gasteiger partial charge in [0.2, 0.25) is 0 Å². The molecule has 1 amide bonds. The predicted octanol–water partition coefficient (Wildman–Crippen LogP) is 6.35. The van der Waals surface area contributed by atoms with Crippen molar-refractivity contribution in [3.8, 4) is 5.75 Å². The number of rotatable bonds is 6. The van der Waals surface area contributed by atoms with Gasteiger partial charge in [-0.15, -0.1) is 0 Å². The average molecular weight is 443 g/mol. The zero-order valence-corrected chi connectivity index (χ0v) is 19.9. The molecule has 33 heavy (non-hydrogen) atoms. The second-order valence-electron chi connectivity index (χ2n) is 9.52. The number of hydrogen-bond acceptors (Lipinski definition) is 4. The molecule has 0 aliphatic carbocycles. The van der Waals surface area contributed by atoms with Gasteiger partial charge in [-0.2, -0.15) is 0 Å². The molecule has 0 saturated heterocycles. The third kappa shape index (κ3) is 5.61. The van der Waals surface area contributed by atoms with Crippen molar-refractivity contribution in [2.45, 2.75) is 46.5 Å². The molecule has 4 aromatic rings. The molecular formula is C28H30N2O3. The summed E-state index contributed by atoms with van der Waals surface area (Å²) in [6, 6.07) is 19.7. The summed E-state index contributed by atoms with van der Waals surface area (Å²) in [5.74, 6) is 1.16. The van der Waals surface area contributed by atoms with Crippen LogP contribution in [0.25, 0.3) is 11.1 Å². The van der Waals surface area contributed by atoms with Crippen LogP contribution < -0.4 is 10.1 Å². The van der Waals surface area contributed by atoms with Gasteiger partial charge in [-0.1, -0.05) is 51.1 Å². The molecule has 0 bridgehead atoms. The number of hydrogen-bond donors (Lipinski definition) is 1. The minimum atomic E-state index is -0.201. The predicted molar refractivity (Wildman–Crippen MR) is 132 cm³/mol. The summed E-state index contributed by atoms with van der Waals surface area (Å²) >= 11 is 0. The number of aryl methyl sites for hydroxylation is 2. The molecule has 3 aromatic carbocycles. The van der Waals surface area contributed by atoms with Crippen LogP contribution in [0, 0.1) is 13.8 Å². The minimum absolute atomic E-state index is 0.0434. The van der Waals surface area contributed by atoms with Gasteiger partial charge < -0.3 is 14.5 Å². The molecule has 1 heterocycles. The smallest absolute Gasteiger partial charge is 0.262 e. The Labute approximate surface area is 194 Å². The van der Waals surface area contributed by atoms with Crippen LogP contribution in [-0.4, -0.2) is 17.5 Å². The number of carbonyl (C=O) groups is 1. The van der Waals surface area contributed by atoms with Crippen LogP contribution in [0.4, 0.5) is 5.69 Å². The Morgan fingerprint density at radius 3 is 2.36 bits per heavy atom. The fraction of sp³-hybridized carbons (Fsp3) is 0.286. The number of benzene rings is 3. The maximum Gasteiger partial charge on any atom is 0.262 e. The third-order valence-electron chi connectivity index (χ3n) is 5.55. The second-order valence-corrected chi connectivity index (χ2v) is 9.52. The highest BCUT2D eigenvalue weighted by Gasteiger charge is 2.13. The molecule has 1 aromatic heterocycles. The molecule has 0 atom stereocenters. The molecule has 0 spiro atoms. The highest BCUT2D eigenvalue weighted by Crippen LogP contribution is 2.25. The summed E-state index contributed by atoms with van der Waals surface area (Å²) in [5, 5.41) is 2.87. The maximum atomic E-state index is 12.3. The Kier molecular flexibility index (Phi) is 6.23. The SMILES string of the molecule is Cc1cc(C)c2oc(Cc3ccc(NC(=O)COc4ccc(C(C)(C)C)cc4)cc3)nc2c1. The zero-order chi connectivity index (χ0) is 23.6. The van der Waals surface area contributed by atoms with E-state index in [0.717, 1.165) is 27.9 Å². The molecule has 0 radical (unpaired) electrons. The number of amides is 1. The van der Waals surface area contributed by atoms with E-state index in [2.05, 4.69) is 44.1 Å². The first-order chi connectivity index (χ1) is 15.7. The van der Waals surface area contributed by atoms with Crippen molar-refractivity contribution < 1.29 is 13.9 Å². The highest BCUT2D eigenvalue weighted by atomic mass is 16.5. The molecule has 0 unspecified atom stereocenters. The van der Waals surface area contributed by atoms with Crippen LogP contribution in [-0.2, 0) is 16.6 Å². The largest absolute Gasteiger partial charge is 0.484 e. The van der Waals surface area contributed by atoms with Crippen molar-refractivity contribution >= 4 is 22.7 Å². The van der Waals surface area contributed by atoms with Gasteiger partial charge in [-0.05, 0) is 71.8 Å². The lowest BCUT2D eigenvalue weighted by atomic mass is 9.87. The fourth-order valence-corrected chi connectivity index (χ4v) is 3.78. The number of nitrogens with one attached hydrogen (secondary N) is 1. The summed E-state index contributed by atoms with van der Waals surface area (Å²) in [4.78, 5) is 16.9. The van der Waals surface area contributed by atoms with Gasteiger partial charge in [0, 0.05) is 12.1 Å². The van der Waals surface area contributed by atoms with Gasteiger partial charge in [-0.25, -0.2) is 4.98 Å². The van der Waals surface area contributed by atoms with E-state index < -0.39 is 0 Å². The van der Waals surface area contributed by atoms with Gasteiger partial charge in [-0.3, -0.25) is 4.79 Å². The number of carbonyl (C=O) groups excluding carboxylic acids is 1. The van der Waals surface area contributed by atoms with Crippen molar-refractivity contribution in [1.82, 2.24) is 4.98 Å². The van der Waals surface area contributed by atoms with E-state index in [1.807, 2.05) is 61.5 Å². The van der Waals surface area contributed by atoms with E-state index in [-0.39, 0.29) is 17.9 Å². The van der Waals surface area contributed by atoms with Crippen LogP contribution in [0.2, 0.25) is 0 Å². The molecule has 0 fully saturated rings. The second kappa shape index (κ2) is 9.10. The van der Waals surface area contributed by atoms with Crippen LogP contribution in [0.1, 0.15) is 48.9 Å². The van der Waals surface area contributed by atoms with Gasteiger partial charge in [0.1, 0.15) is 11.3 Å². The number of nitrogens with zero attached hydrogens (tertiary/aromatic N) is 1. The molecule has 0 aliphatic heterocycles. The normalized spacial score (nSPS) is 11.5. The molecular weight excluding hydrogens is 412 g/mol. The van der Waals surface area contributed by atoms with Crippen molar-refractivity contribution in [1.29, 1.82) is 0 Å². The van der Waals surface area contributed by atoms with E-state index >= 15 is 0 Å². The van der Waals surface area contributed by atoms with Crippen molar-refractivity contribution in [2.75, 3.05) is 11.9 Å². The lowest BCUT2D eigenvalue weighted by molar-refractivity contribution is -0.118. The summed E-state index contributed by atoms with van der Waals surface area (Å²) in [7, 11) is 0. The Balaban J connectivity index is 1.32. The van der Waals surface area contributed by atoms with Crippen LogP contribution in [0.5, 0.6) is 5.75 Å². The summed E-state index contributed by atoms with van der Waals surface area (Å²) < 4.78 is 11.6. The quantitative estimate of drug-likeness (QED) is 0.378. The van der Waals surface area contributed by atoms with E-state index in [1.54, 1.807) is 0 Å². The lowest BCUT2D eigenvalue weighted by Gasteiger charge is -2.19. The summed E-state index contributed by atoms with van der Waals surface area (Å²) in [6.07, 6.45) is 0.592. The van der Waals surface area contributed by atoms with Gasteiger partial charge in [0.05, 0.1) is 0 Å². The number of fused-ring (bicyclic) bond motifs is 1. The topological polar surface area (TPSA) is 64.4 Å². The standard InChI is InChI=1S/C28H30N2O3/c1-18-14-19(2)27-24(15-18)30-26(33-27)16-20-6-10-22(11-7-20)29-25(31)17-32-23-12-8-21(9-13-23)28(3,4)5/h6-15H,16-17H2,1-5H3,(H,29,31). The maximum absolute atomic E-state index is 12.3. The van der Waals surface area contributed by atoms with Gasteiger partial charge in [0.15, 0.2) is 18.1 Å². The van der Waals surface area contributed by atoms with Crippen molar-refractivity contribution in [3.05, 3.63) is 88.8 Å². The summed E-state index contributed by atoms with van der Waals surface area (Å²) in [6.45, 7) is 10.5. The molecule has 170 valence electrons. The van der Waals surface area contributed by atoms with Gasteiger partial charge in [0.25, 0.3) is 5.91 Å². The number of aromatic nitrogens is 1. The first kappa shape index (κ1) is 22.6. The Morgan fingerprint density at radius 2 is 1.70 bits per heavy atom. The van der Waals surface area contributed by atoms with E-state index in [1.165, 1.54) is 11.1 Å². The average Bonchev–Trinajstić information content (AvgIpc) is 3.16. The first-order valence-electron chi connectivity index (χ1n) is 11.2. The lowest BCUT2D eigenvalue weighted by Crippen LogP contribution is -2.20. The van der Waals surface area contributed by atoms with Crippen LogP contribution in [0.3, 0.4) is 0 Å². The number of oxazole rings is 1. The summed E-state index contributed by atoms with van der Waals surface area (Å²) in [5.41, 5.74) is 7.08. The molecule has 0 saturated carbocycles. The van der Waals surface area contributed by atoms with Crippen LogP contribution >= 0.6 is 0 Å². The monoisotopic (exact) mass is 442 g/mol. The van der Waals surface area contributed by atoms with E-state index in [4.69, 9.17) is 9.15 Å². The van der Waals surface area contributed by atoms with Crippen LogP contribution in [0.15, 0.2) is 65.1 Å². The van der Waals surface area contributed by atoms with E-state index in [9.17, 15) is 4.79 Å². The molecule has 4 rings (SSSR count). The molecule has 1 N–H and O–H groups in total. The third-order valence-corrected chi connectivity index (χ3v) is 5.55. The molecule has 5 heteroatoms. The number of anilines is 1. The Hall–Kier alpha value is -3.60. The number of ether oxygens (including phenoxy) is 1. The Morgan fingerprint density at radius 1 is 1.00 bits per heavy atom. The molecule has 5 nitrogen and oxygen atoms in total. The fourth-order valence-electron chi connectivity index (χ4n) is 3.78. The van der Waals surface area contributed by atoms with E-state index in [0.29, 0.717) is 18.1 Å². The zero-order valence-electron chi connectivity index (χ0n) is 19.9. The highest BCUT2D eigenvalue weighted by molar-refractivity contribution is 5.91. The first-order valence-corrected chi connectivity index (χ1v) is 11.2.